The molecule has 4 nitrogen and oxygen atoms in total. The molecule has 0 aliphatic heterocycles. The molecule has 1 rings (SSSR count). The summed E-state index contributed by atoms with van der Waals surface area (Å²) < 4.78 is 4.77. The van der Waals surface area contributed by atoms with Gasteiger partial charge in [-0.3, -0.25) is 0 Å². The molecule has 4 heteroatoms. The van der Waals surface area contributed by atoms with Crippen molar-refractivity contribution >= 4 is 5.97 Å². The molecule has 0 aliphatic carbocycles. The number of aromatic nitrogens is 1. The number of methoxy groups -OCH3 is 1. The number of carboxylic acid groups (broad SMARTS) is 1. The Morgan fingerprint density at radius 1 is 1.67 bits per heavy atom. The van der Waals surface area contributed by atoms with E-state index in [1.165, 1.54) is 13.2 Å². The maximum Gasteiger partial charge on any atom is 0.341 e. The van der Waals surface area contributed by atoms with E-state index in [1.807, 2.05) is 0 Å². The molecule has 12 heavy (non-hydrogen) atoms. The topological polar surface area (TPSA) is 59.4 Å². The lowest BCUT2D eigenvalue weighted by atomic mass is 10.2. The van der Waals surface area contributed by atoms with E-state index in [0.717, 1.165) is 5.56 Å². The van der Waals surface area contributed by atoms with Gasteiger partial charge in [-0.15, -0.1) is 0 Å². The van der Waals surface area contributed by atoms with Gasteiger partial charge in [0.15, 0.2) is 0 Å². The van der Waals surface area contributed by atoms with Gasteiger partial charge in [-0.1, -0.05) is 0 Å². The smallest absolute Gasteiger partial charge is 0.341 e. The van der Waals surface area contributed by atoms with E-state index < -0.39 is 5.97 Å². The van der Waals surface area contributed by atoms with Crippen molar-refractivity contribution < 1.29 is 14.6 Å². The highest BCUT2D eigenvalue weighted by molar-refractivity contribution is 5.90. The van der Waals surface area contributed by atoms with Crippen LogP contribution in [0, 0.1) is 6.92 Å². The summed E-state index contributed by atoms with van der Waals surface area (Å²) in [5.74, 6) is -0.879. The molecular weight excluding hydrogens is 158 g/mol. The van der Waals surface area contributed by atoms with E-state index in [-0.39, 0.29) is 11.4 Å². The van der Waals surface area contributed by atoms with Gasteiger partial charge in [0, 0.05) is 6.20 Å². The molecule has 0 atom stereocenters. The first-order valence-electron chi connectivity index (χ1n) is 3.39. The summed E-state index contributed by atoms with van der Waals surface area (Å²) in [6.07, 6.45) is 1.56. The Balaban J connectivity index is 3.21. The van der Waals surface area contributed by atoms with Crippen LogP contribution in [0.3, 0.4) is 0 Å². The van der Waals surface area contributed by atoms with Crippen LogP contribution in [0.2, 0.25) is 0 Å². The molecule has 1 aromatic heterocycles. The van der Waals surface area contributed by atoms with E-state index in [9.17, 15) is 4.79 Å². The van der Waals surface area contributed by atoms with E-state index in [2.05, 4.69) is 4.98 Å². The first kappa shape index (κ1) is 8.52. The van der Waals surface area contributed by atoms with Crippen LogP contribution in [0.15, 0.2) is 12.3 Å². The second-order valence-corrected chi connectivity index (χ2v) is 2.37. The lowest BCUT2D eigenvalue weighted by Crippen LogP contribution is -2.02. The lowest BCUT2D eigenvalue weighted by molar-refractivity contribution is 0.0692. The van der Waals surface area contributed by atoms with Gasteiger partial charge in [0.1, 0.15) is 5.56 Å². The van der Waals surface area contributed by atoms with Crippen molar-refractivity contribution in [1.82, 2.24) is 4.98 Å². The summed E-state index contributed by atoms with van der Waals surface area (Å²) in [4.78, 5) is 14.4. The van der Waals surface area contributed by atoms with Gasteiger partial charge in [-0.25, -0.2) is 9.78 Å². The molecule has 0 aliphatic rings. The minimum Gasteiger partial charge on any atom is -0.480 e. The fourth-order valence-electron chi connectivity index (χ4n) is 0.873. The fraction of sp³-hybridized carbons (Fsp3) is 0.250. The van der Waals surface area contributed by atoms with Gasteiger partial charge in [0.25, 0.3) is 0 Å². The van der Waals surface area contributed by atoms with E-state index in [1.54, 1.807) is 13.1 Å². The van der Waals surface area contributed by atoms with Gasteiger partial charge >= 0.3 is 5.97 Å². The Morgan fingerprint density at radius 2 is 2.33 bits per heavy atom. The summed E-state index contributed by atoms with van der Waals surface area (Å²) in [6.45, 7) is 1.78. The van der Waals surface area contributed by atoms with Crippen LogP contribution in [0.25, 0.3) is 0 Å². The molecule has 0 radical (unpaired) electrons. The number of aromatic carboxylic acids is 1. The number of rotatable bonds is 2. The fourth-order valence-corrected chi connectivity index (χ4v) is 0.873. The number of hydrogen-bond acceptors (Lipinski definition) is 3. The third kappa shape index (κ3) is 1.53. The zero-order valence-electron chi connectivity index (χ0n) is 6.87. The van der Waals surface area contributed by atoms with Crippen molar-refractivity contribution in [2.45, 2.75) is 6.92 Å². The first-order valence-corrected chi connectivity index (χ1v) is 3.39. The van der Waals surface area contributed by atoms with Crippen molar-refractivity contribution in [3.8, 4) is 5.88 Å². The van der Waals surface area contributed by atoms with Gasteiger partial charge in [-0.05, 0) is 18.6 Å². The Labute approximate surface area is 69.8 Å². The van der Waals surface area contributed by atoms with E-state index in [4.69, 9.17) is 9.84 Å². The van der Waals surface area contributed by atoms with Crippen LogP contribution in [0.5, 0.6) is 5.88 Å². The zero-order chi connectivity index (χ0) is 9.14. The Kier molecular flexibility index (Phi) is 2.28. The van der Waals surface area contributed by atoms with E-state index >= 15 is 0 Å². The standard InChI is InChI=1S/C8H9NO3/c1-5-3-6(8(10)11)7(12-2)9-4-5/h3-4H,1-2H3,(H,10,11). The highest BCUT2D eigenvalue weighted by Gasteiger charge is 2.11. The molecule has 1 N–H and O–H groups in total. The molecule has 0 unspecified atom stereocenters. The molecule has 0 saturated carbocycles. The lowest BCUT2D eigenvalue weighted by Gasteiger charge is -2.02. The van der Waals surface area contributed by atoms with Crippen molar-refractivity contribution in [3.05, 3.63) is 23.4 Å². The highest BCUT2D eigenvalue weighted by atomic mass is 16.5. The molecule has 64 valence electrons. The molecule has 0 fully saturated rings. The Morgan fingerprint density at radius 3 is 2.83 bits per heavy atom. The molecule has 0 aromatic carbocycles. The maximum absolute atomic E-state index is 10.6. The van der Waals surface area contributed by atoms with Crippen molar-refractivity contribution in [2.75, 3.05) is 7.11 Å². The van der Waals surface area contributed by atoms with E-state index in [0.29, 0.717) is 0 Å². The van der Waals surface area contributed by atoms with Gasteiger partial charge in [0.2, 0.25) is 5.88 Å². The second kappa shape index (κ2) is 3.21. The SMILES string of the molecule is COc1ncc(C)cc1C(=O)O. The van der Waals surface area contributed by atoms with Crippen LogP contribution in [0.4, 0.5) is 0 Å². The summed E-state index contributed by atoms with van der Waals surface area (Å²) in [5.41, 5.74) is 0.894. The molecule has 0 bridgehead atoms. The average Bonchev–Trinajstić information content (AvgIpc) is 2.04. The average molecular weight is 167 g/mol. The summed E-state index contributed by atoms with van der Waals surface area (Å²) >= 11 is 0. The number of aryl methyl sites for hydroxylation is 1. The monoisotopic (exact) mass is 167 g/mol. The number of pyridine rings is 1. The minimum atomic E-state index is -1.02. The minimum absolute atomic E-state index is 0.0949. The Bertz CT molecular complexity index is 309. The second-order valence-electron chi connectivity index (χ2n) is 2.37. The summed E-state index contributed by atoms with van der Waals surface area (Å²) in [5, 5.41) is 8.70. The van der Waals surface area contributed by atoms with Crippen LogP contribution >= 0.6 is 0 Å². The van der Waals surface area contributed by atoms with Crippen molar-refractivity contribution in [1.29, 1.82) is 0 Å². The number of carboxylic acids is 1. The normalized spacial score (nSPS) is 9.50. The number of ether oxygens (including phenoxy) is 1. The van der Waals surface area contributed by atoms with Crippen LogP contribution in [-0.4, -0.2) is 23.2 Å². The van der Waals surface area contributed by atoms with Crippen LogP contribution in [-0.2, 0) is 0 Å². The van der Waals surface area contributed by atoms with Crippen molar-refractivity contribution in [2.24, 2.45) is 0 Å². The molecule has 0 spiro atoms. The van der Waals surface area contributed by atoms with Crippen LogP contribution < -0.4 is 4.74 Å². The maximum atomic E-state index is 10.6. The molecule has 1 aromatic rings. The van der Waals surface area contributed by atoms with Crippen LogP contribution in [0.1, 0.15) is 15.9 Å². The number of hydrogen-bond donors (Lipinski definition) is 1. The predicted molar refractivity (Wildman–Crippen MR) is 42.5 cm³/mol. The summed E-state index contributed by atoms with van der Waals surface area (Å²) in [7, 11) is 1.39. The third-order valence-electron chi connectivity index (χ3n) is 1.41. The quantitative estimate of drug-likeness (QED) is 0.716. The van der Waals surface area contributed by atoms with Gasteiger partial charge in [0.05, 0.1) is 7.11 Å². The van der Waals surface area contributed by atoms with Crippen molar-refractivity contribution in [3.63, 3.8) is 0 Å². The van der Waals surface area contributed by atoms with Gasteiger partial charge in [-0.2, -0.15) is 0 Å². The first-order chi connectivity index (χ1) is 5.65. The zero-order valence-corrected chi connectivity index (χ0v) is 6.87. The van der Waals surface area contributed by atoms with Gasteiger partial charge < -0.3 is 9.84 Å². The summed E-state index contributed by atoms with van der Waals surface area (Å²) in [6, 6.07) is 1.52. The molecule has 0 amide bonds. The number of carbonyl (C=O) groups is 1. The number of nitrogens with zero attached hydrogens (tertiary/aromatic N) is 1. The third-order valence-corrected chi connectivity index (χ3v) is 1.41. The Hall–Kier alpha value is -1.58. The predicted octanol–water partition coefficient (Wildman–Crippen LogP) is 1.10. The molecule has 1 heterocycles. The highest BCUT2D eigenvalue weighted by Crippen LogP contribution is 2.15. The molecule has 0 saturated heterocycles. The largest absolute Gasteiger partial charge is 0.480 e. The molecular formula is C8H9NO3.